The molecule has 1 aliphatic rings. The number of ether oxygens (including phenoxy) is 1. The Hall–Kier alpha value is -0.0800. The number of hydrogen-bond acceptors (Lipinski definition) is 2. The van der Waals surface area contributed by atoms with Crippen molar-refractivity contribution in [2.45, 2.75) is 39.5 Å². The summed E-state index contributed by atoms with van der Waals surface area (Å²) in [7, 11) is 0. The summed E-state index contributed by atoms with van der Waals surface area (Å²) in [6, 6.07) is 0. The van der Waals surface area contributed by atoms with E-state index >= 15 is 0 Å². The summed E-state index contributed by atoms with van der Waals surface area (Å²) in [6.45, 7) is 8.73. The highest BCUT2D eigenvalue weighted by molar-refractivity contribution is 4.71. The van der Waals surface area contributed by atoms with Crippen LogP contribution in [-0.2, 0) is 4.74 Å². The molecule has 0 bridgehead atoms. The van der Waals surface area contributed by atoms with E-state index in [1.807, 2.05) is 0 Å². The predicted molar refractivity (Wildman–Crippen MR) is 60.5 cm³/mol. The summed E-state index contributed by atoms with van der Waals surface area (Å²) < 4.78 is 5.55. The fourth-order valence-electron chi connectivity index (χ4n) is 1.33. The lowest BCUT2D eigenvalue weighted by Crippen LogP contribution is -2.22. The molecule has 0 saturated heterocycles. The van der Waals surface area contributed by atoms with Crippen molar-refractivity contribution in [1.29, 1.82) is 0 Å². The molecule has 0 aliphatic heterocycles. The van der Waals surface area contributed by atoms with Gasteiger partial charge in [-0.1, -0.05) is 20.3 Å². The zero-order chi connectivity index (χ0) is 10.2. The van der Waals surface area contributed by atoms with Crippen molar-refractivity contribution in [3.8, 4) is 0 Å². The second-order valence-corrected chi connectivity index (χ2v) is 4.59. The van der Waals surface area contributed by atoms with Gasteiger partial charge in [0.05, 0.1) is 0 Å². The van der Waals surface area contributed by atoms with E-state index in [1.165, 1.54) is 19.3 Å². The van der Waals surface area contributed by atoms with Crippen LogP contribution in [0.3, 0.4) is 0 Å². The van der Waals surface area contributed by atoms with Gasteiger partial charge < -0.3 is 10.1 Å². The summed E-state index contributed by atoms with van der Waals surface area (Å²) in [5.41, 5.74) is 0. The lowest BCUT2D eigenvalue weighted by atomic mass is 10.1. The highest BCUT2D eigenvalue weighted by Crippen LogP contribution is 2.28. The Morgan fingerprint density at radius 2 is 2.21 bits per heavy atom. The predicted octanol–water partition coefficient (Wildman–Crippen LogP) is 2.44. The van der Waals surface area contributed by atoms with Crippen LogP contribution in [0.4, 0.5) is 0 Å². The minimum Gasteiger partial charge on any atom is -0.381 e. The van der Waals surface area contributed by atoms with Gasteiger partial charge in [-0.05, 0) is 44.2 Å². The van der Waals surface area contributed by atoms with Crippen molar-refractivity contribution in [2.75, 3.05) is 26.3 Å². The SMILES string of the molecule is CCC(C)CNCCCOCC1CC1. The van der Waals surface area contributed by atoms with Gasteiger partial charge in [0.2, 0.25) is 0 Å². The largest absolute Gasteiger partial charge is 0.381 e. The standard InChI is InChI=1S/C12H25NO/c1-3-11(2)9-13-7-4-8-14-10-12-5-6-12/h11-13H,3-10H2,1-2H3. The third kappa shape index (κ3) is 6.39. The first-order valence-electron chi connectivity index (χ1n) is 6.11. The molecule has 2 heteroatoms. The van der Waals surface area contributed by atoms with E-state index in [-0.39, 0.29) is 0 Å². The summed E-state index contributed by atoms with van der Waals surface area (Å²) in [6.07, 6.45) is 5.22. The van der Waals surface area contributed by atoms with E-state index in [0.717, 1.165) is 44.6 Å². The second-order valence-electron chi connectivity index (χ2n) is 4.59. The lowest BCUT2D eigenvalue weighted by molar-refractivity contribution is 0.122. The van der Waals surface area contributed by atoms with Gasteiger partial charge in [-0.15, -0.1) is 0 Å². The van der Waals surface area contributed by atoms with Crippen LogP contribution in [0.5, 0.6) is 0 Å². The molecule has 1 unspecified atom stereocenters. The van der Waals surface area contributed by atoms with Crippen LogP contribution >= 0.6 is 0 Å². The molecule has 0 aromatic carbocycles. The van der Waals surface area contributed by atoms with Crippen molar-refractivity contribution in [1.82, 2.24) is 5.32 Å². The molecule has 1 rings (SSSR count). The molecule has 0 heterocycles. The topological polar surface area (TPSA) is 21.3 Å². The van der Waals surface area contributed by atoms with Crippen LogP contribution in [-0.4, -0.2) is 26.3 Å². The quantitative estimate of drug-likeness (QED) is 0.576. The third-order valence-corrected chi connectivity index (χ3v) is 2.88. The Kier molecular flexibility index (Phi) is 6.20. The molecule has 14 heavy (non-hydrogen) atoms. The molecule has 1 atom stereocenters. The van der Waals surface area contributed by atoms with Gasteiger partial charge in [0.15, 0.2) is 0 Å². The highest BCUT2D eigenvalue weighted by Gasteiger charge is 2.20. The fourth-order valence-corrected chi connectivity index (χ4v) is 1.33. The van der Waals surface area contributed by atoms with Crippen molar-refractivity contribution in [2.24, 2.45) is 11.8 Å². The molecule has 1 N–H and O–H groups in total. The highest BCUT2D eigenvalue weighted by atomic mass is 16.5. The fraction of sp³-hybridized carbons (Fsp3) is 1.00. The molecule has 84 valence electrons. The summed E-state index contributed by atoms with van der Waals surface area (Å²) in [5.74, 6) is 1.71. The van der Waals surface area contributed by atoms with E-state index in [4.69, 9.17) is 4.74 Å². The minimum absolute atomic E-state index is 0.808. The van der Waals surface area contributed by atoms with E-state index in [1.54, 1.807) is 0 Å². The van der Waals surface area contributed by atoms with E-state index in [0.29, 0.717) is 0 Å². The molecule has 1 fully saturated rings. The molecular formula is C12H25NO. The van der Waals surface area contributed by atoms with Gasteiger partial charge in [0.25, 0.3) is 0 Å². The molecule has 1 saturated carbocycles. The van der Waals surface area contributed by atoms with Gasteiger partial charge >= 0.3 is 0 Å². The number of rotatable bonds is 9. The van der Waals surface area contributed by atoms with Crippen LogP contribution in [0.25, 0.3) is 0 Å². The average Bonchev–Trinajstić information content (AvgIpc) is 2.99. The Labute approximate surface area is 88.4 Å². The summed E-state index contributed by atoms with van der Waals surface area (Å²) in [5, 5.41) is 3.46. The molecule has 0 aromatic rings. The number of hydrogen-bond donors (Lipinski definition) is 1. The maximum Gasteiger partial charge on any atom is 0.0494 e. The number of nitrogens with one attached hydrogen (secondary N) is 1. The molecule has 2 nitrogen and oxygen atoms in total. The first-order chi connectivity index (χ1) is 6.83. The van der Waals surface area contributed by atoms with E-state index in [9.17, 15) is 0 Å². The average molecular weight is 199 g/mol. The van der Waals surface area contributed by atoms with Crippen LogP contribution in [0.1, 0.15) is 39.5 Å². The monoisotopic (exact) mass is 199 g/mol. The molecule has 0 aromatic heterocycles. The molecule has 1 aliphatic carbocycles. The molecular weight excluding hydrogens is 174 g/mol. The zero-order valence-corrected chi connectivity index (χ0v) is 9.72. The zero-order valence-electron chi connectivity index (χ0n) is 9.72. The van der Waals surface area contributed by atoms with E-state index < -0.39 is 0 Å². The van der Waals surface area contributed by atoms with Crippen molar-refractivity contribution < 1.29 is 4.74 Å². The molecule has 0 spiro atoms. The van der Waals surface area contributed by atoms with Gasteiger partial charge in [0, 0.05) is 13.2 Å². The maximum atomic E-state index is 5.55. The first kappa shape index (κ1) is 12.0. The third-order valence-electron chi connectivity index (χ3n) is 2.88. The molecule has 0 amide bonds. The smallest absolute Gasteiger partial charge is 0.0494 e. The van der Waals surface area contributed by atoms with Crippen LogP contribution in [0.15, 0.2) is 0 Å². The normalized spacial score (nSPS) is 18.4. The van der Waals surface area contributed by atoms with Gasteiger partial charge in [-0.25, -0.2) is 0 Å². The van der Waals surface area contributed by atoms with Crippen molar-refractivity contribution in [3.63, 3.8) is 0 Å². The molecule has 0 radical (unpaired) electrons. The van der Waals surface area contributed by atoms with Crippen LogP contribution in [0, 0.1) is 11.8 Å². The summed E-state index contributed by atoms with van der Waals surface area (Å²) >= 11 is 0. The first-order valence-corrected chi connectivity index (χ1v) is 6.11. The Morgan fingerprint density at radius 1 is 1.43 bits per heavy atom. The minimum atomic E-state index is 0.808. The van der Waals surface area contributed by atoms with Crippen molar-refractivity contribution in [3.05, 3.63) is 0 Å². The Balaban J connectivity index is 1.70. The van der Waals surface area contributed by atoms with Crippen LogP contribution < -0.4 is 5.32 Å². The maximum absolute atomic E-state index is 5.55. The van der Waals surface area contributed by atoms with Gasteiger partial charge in [0.1, 0.15) is 0 Å². The summed E-state index contributed by atoms with van der Waals surface area (Å²) in [4.78, 5) is 0. The van der Waals surface area contributed by atoms with Crippen molar-refractivity contribution >= 4 is 0 Å². The lowest BCUT2D eigenvalue weighted by Gasteiger charge is -2.09. The Bertz CT molecular complexity index is 134. The Morgan fingerprint density at radius 3 is 2.86 bits per heavy atom. The van der Waals surface area contributed by atoms with Gasteiger partial charge in [-0.3, -0.25) is 0 Å². The second kappa shape index (κ2) is 7.24. The van der Waals surface area contributed by atoms with Crippen LogP contribution in [0.2, 0.25) is 0 Å². The van der Waals surface area contributed by atoms with Gasteiger partial charge in [-0.2, -0.15) is 0 Å². The van der Waals surface area contributed by atoms with E-state index in [2.05, 4.69) is 19.2 Å².